The van der Waals surface area contributed by atoms with Crippen LogP contribution in [0.15, 0.2) is 0 Å². The zero-order valence-corrected chi connectivity index (χ0v) is 22.3. The summed E-state index contributed by atoms with van der Waals surface area (Å²) in [6.45, 7) is 14.6. The molecule has 0 spiro atoms. The van der Waals surface area contributed by atoms with Gasteiger partial charge in [0.05, 0.1) is 14.2 Å². The maximum atomic E-state index is 11.9. The van der Waals surface area contributed by atoms with Crippen LogP contribution in [-0.2, 0) is 60.4 Å². The van der Waals surface area contributed by atoms with E-state index in [2.05, 4.69) is 19.6 Å². The Balaban J connectivity index is -0.000000490. The Bertz CT molecular complexity index is 511. The zero-order chi connectivity index (χ0) is 24.1. The third-order valence-electron chi connectivity index (χ3n) is 4.17. The SMILES string of the molecule is CCCC(C(=O)OOC)C(=O)C(C)(C)C.CCCC(C(=O)OOC)C(=O)C(C)(C)C.[Ti]. The normalized spacial score (nSPS) is 13.0. The van der Waals surface area contributed by atoms with Gasteiger partial charge in [0.2, 0.25) is 0 Å². The first kappa shape index (κ1) is 34.5. The number of Topliss-reactive ketones (excluding diaryl/α,β-unsaturated/α-hetero) is 2. The number of rotatable bonds is 10. The van der Waals surface area contributed by atoms with Gasteiger partial charge in [0.1, 0.15) is 11.8 Å². The van der Waals surface area contributed by atoms with Crippen molar-refractivity contribution in [2.24, 2.45) is 22.7 Å². The molecule has 0 heterocycles. The first-order chi connectivity index (χ1) is 13.7. The molecule has 0 aromatic heterocycles. The largest absolute Gasteiger partial charge is 0.352 e. The van der Waals surface area contributed by atoms with Crippen molar-refractivity contribution in [3.8, 4) is 0 Å². The fourth-order valence-corrected chi connectivity index (χ4v) is 2.62. The molecule has 0 aromatic carbocycles. The topological polar surface area (TPSA) is 105 Å². The minimum atomic E-state index is -0.713. The molecule has 0 aromatic rings. The van der Waals surface area contributed by atoms with Gasteiger partial charge >= 0.3 is 11.9 Å². The van der Waals surface area contributed by atoms with Gasteiger partial charge in [-0.1, -0.05) is 68.2 Å². The van der Waals surface area contributed by atoms with Crippen LogP contribution in [0.5, 0.6) is 0 Å². The Kier molecular flexibility index (Phi) is 18.4. The monoisotopic (exact) mass is 480 g/mol. The second kappa shape index (κ2) is 16.5. The molecule has 8 nitrogen and oxygen atoms in total. The van der Waals surface area contributed by atoms with Gasteiger partial charge in [-0.2, -0.15) is 9.78 Å². The standard InChI is InChI=1S/2C11H20O4.Ti/c2*1-6-7-8(10(13)15-14-5)9(12)11(2,3)4;/h2*8H,6-7H2,1-5H3;. The summed E-state index contributed by atoms with van der Waals surface area (Å²) >= 11 is 0. The van der Waals surface area contributed by atoms with Gasteiger partial charge < -0.3 is 0 Å². The summed E-state index contributed by atoms with van der Waals surface area (Å²) in [5, 5.41) is 0. The number of ketones is 2. The predicted octanol–water partition coefficient (Wildman–Crippen LogP) is 4.24. The van der Waals surface area contributed by atoms with Crippen molar-refractivity contribution in [2.75, 3.05) is 14.2 Å². The molecule has 0 aliphatic rings. The van der Waals surface area contributed by atoms with E-state index in [9.17, 15) is 19.2 Å². The van der Waals surface area contributed by atoms with Gasteiger partial charge in [0.15, 0.2) is 11.6 Å². The molecule has 0 N–H and O–H groups in total. The average molecular weight is 480 g/mol. The van der Waals surface area contributed by atoms with E-state index in [0.717, 1.165) is 12.8 Å². The van der Waals surface area contributed by atoms with Crippen molar-refractivity contribution < 1.29 is 60.4 Å². The van der Waals surface area contributed by atoms with Gasteiger partial charge in [-0.05, 0) is 12.8 Å². The van der Waals surface area contributed by atoms with Crippen LogP contribution >= 0.6 is 0 Å². The molecule has 0 aliphatic carbocycles. The second-order valence-electron chi connectivity index (χ2n) is 9.05. The third-order valence-corrected chi connectivity index (χ3v) is 4.17. The zero-order valence-electron chi connectivity index (χ0n) is 20.7. The fraction of sp³-hybridized carbons (Fsp3) is 0.818. The Morgan fingerprint density at radius 1 is 0.645 bits per heavy atom. The molecule has 0 saturated heterocycles. The Hall–Kier alpha value is -1.09. The Morgan fingerprint density at radius 3 is 1.06 bits per heavy atom. The summed E-state index contributed by atoms with van der Waals surface area (Å²) in [6.07, 6.45) is 2.51. The van der Waals surface area contributed by atoms with Crippen molar-refractivity contribution in [3.05, 3.63) is 0 Å². The van der Waals surface area contributed by atoms with Gasteiger partial charge in [-0.3, -0.25) is 19.4 Å². The molecule has 2 atom stereocenters. The minimum Gasteiger partial charge on any atom is -0.298 e. The molecule has 31 heavy (non-hydrogen) atoms. The van der Waals surface area contributed by atoms with Crippen LogP contribution in [0.25, 0.3) is 0 Å². The molecule has 180 valence electrons. The Morgan fingerprint density at radius 2 is 0.903 bits per heavy atom. The quantitative estimate of drug-likeness (QED) is 0.198. The van der Waals surface area contributed by atoms with Gasteiger partial charge in [-0.25, -0.2) is 9.59 Å². The molecule has 0 fully saturated rings. The van der Waals surface area contributed by atoms with E-state index in [-0.39, 0.29) is 33.3 Å². The van der Waals surface area contributed by atoms with Crippen molar-refractivity contribution in [2.45, 2.75) is 81.1 Å². The molecule has 0 bridgehead atoms. The van der Waals surface area contributed by atoms with Crippen LogP contribution in [0.3, 0.4) is 0 Å². The van der Waals surface area contributed by atoms with Crippen LogP contribution in [0, 0.1) is 22.7 Å². The van der Waals surface area contributed by atoms with E-state index in [1.54, 1.807) is 41.5 Å². The van der Waals surface area contributed by atoms with Crippen LogP contribution in [-0.4, -0.2) is 37.7 Å². The molecule has 0 saturated carbocycles. The van der Waals surface area contributed by atoms with Crippen LogP contribution in [0.1, 0.15) is 81.1 Å². The van der Waals surface area contributed by atoms with Gasteiger partial charge in [0, 0.05) is 32.5 Å². The summed E-state index contributed by atoms with van der Waals surface area (Å²) in [5.74, 6) is -2.83. The third kappa shape index (κ3) is 13.8. The summed E-state index contributed by atoms with van der Waals surface area (Å²) in [6, 6.07) is 0. The maximum Gasteiger partial charge on any atom is 0.352 e. The number of carbonyl (C=O) groups is 4. The summed E-state index contributed by atoms with van der Waals surface area (Å²) in [4.78, 5) is 64.1. The van der Waals surface area contributed by atoms with E-state index in [1.807, 2.05) is 13.8 Å². The van der Waals surface area contributed by atoms with Crippen LogP contribution < -0.4 is 0 Å². The van der Waals surface area contributed by atoms with E-state index in [0.29, 0.717) is 12.8 Å². The van der Waals surface area contributed by atoms with Crippen molar-refractivity contribution in [3.63, 3.8) is 0 Å². The Labute approximate surface area is 201 Å². The van der Waals surface area contributed by atoms with Gasteiger partial charge in [0.25, 0.3) is 0 Å². The fourth-order valence-electron chi connectivity index (χ4n) is 2.62. The van der Waals surface area contributed by atoms with E-state index < -0.39 is 34.6 Å². The number of carbonyl (C=O) groups excluding carboxylic acids is 4. The van der Waals surface area contributed by atoms with Crippen molar-refractivity contribution in [1.29, 1.82) is 0 Å². The van der Waals surface area contributed by atoms with Gasteiger partial charge in [-0.15, -0.1) is 0 Å². The number of hydrogen-bond donors (Lipinski definition) is 0. The molecule has 0 radical (unpaired) electrons. The molecule has 2 unspecified atom stereocenters. The van der Waals surface area contributed by atoms with E-state index in [4.69, 9.17) is 0 Å². The molecule has 9 heteroatoms. The maximum absolute atomic E-state index is 11.9. The van der Waals surface area contributed by atoms with Crippen LogP contribution in [0.4, 0.5) is 0 Å². The molecule has 0 amide bonds. The first-order valence-electron chi connectivity index (χ1n) is 10.3. The summed E-state index contributed by atoms with van der Waals surface area (Å²) in [7, 11) is 2.50. The molecular formula is C22H40O8Ti. The number of hydrogen-bond acceptors (Lipinski definition) is 8. The molecule has 0 rings (SSSR count). The predicted molar refractivity (Wildman–Crippen MR) is 112 cm³/mol. The molecule has 0 aliphatic heterocycles. The minimum absolute atomic E-state index is 0. The summed E-state index contributed by atoms with van der Waals surface area (Å²) < 4.78 is 0. The van der Waals surface area contributed by atoms with Crippen LogP contribution in [0.2, 0.25) is 0 Å². The van der Waals surface area contributed by atoms with Crippen molar-refractivity contribution >= 4 is 23.5 Å². The van der Waals surface area contributed by atoms with E-state index >= 15 is 0 Å². The molecular weight excluding hydrogens is 440 g/mol. The van der Waals surface area contributed by atoms with E-state index in [1.165, 1.54) is 14.2 Å². The first-order valence-corrected chi connectivity index (χ1v) is 10.3. The van der Waals surface area contributed by atoms with Crippen molar-refractivity contribution in [1.82, 2.24) is 0 Å². The smallest absolute Gasteiger partial charge is 0.298 e. The summed E-state index contributed by atoms with van der Waals surface area (Å²) in [5.41, 5.74) is -1.07. The average Bonchev–Trinajstić information content (AvgIpc) is 2.62. The second-order valence-corrected chi connectivity index (χ2v) is 9.05.